The summed E-state index contributed by atoms with van der Waals surface area (Å²) in [6.45, 7) is 2.03. The second-order valence-corrected chi connectivity index (χ2v) is 3.05. The summed E-state index contributed by atoms with van der Waals surface area (Å²) in [5.41, 5.74) is 0. The minimum Gasteiger partial charge on any atom is -0.476 e. The van der Waals surface area contributed by atoms with E-state index in [0.29, 0.717) is 6.42 Å². The van der Waals surface area contributed by atoms with Crippen molar-refractivity contribution < 1.29 is 14.7 Å². The highest BCUT2D eigenvalue weighted by Gasteiger charge is 2.09. The molecule has 0 aliphatic carbocycles. The zero-order valence-electron chi connectivity index (χ0n) is 7.50. The quantitative estimate of drug-likeness (QED) is 0.530. The number of rotatable bonds is 4. The summed E-state index contributed by atoms with van der Waals surface area (Å²) in [7, 11) is 0. The van der Waals surface area contributed by atoms with Gasteiger partial charge in [-0.15, -0.1) is 0 Å². The molecular weight excluding hydrogens is 190 g/mol. The molecule has 0 atom stereocenters. The third-order valence-corrected chi connectivity index (χ3v) is 1.73. The minimum absolute atomic E-state index is 0.319. The molecule has 0 spiro atoms. The molecule has 4 nitrogen and oxygen atoms in total. The fourth-order valence-corrected chi connectivity index (χ4v) is 0.892. The van der Waals surface area contributed by atoms with Gasteiger partial charge in [0.25, 0.3) is 0 Å². The maximum Gasteiger partial charge on any atom is 0.363 e. The van der Waals surface area contributed by atoms with Gasteiger partial charge in [-0.3, -0.25) is 4.79 Å². The lowest BCUT2D eigenvalue weighted by Gasteiger charge is -2.01. The molecule has 0 aliphatic rings. The van der Waals surface area contributed by atoms with E-state index >= 15 is 0 Å². The first-order valence-electron chi connectivity index (χ1n) is 4.15. The zero-order chi connectivity index (χ0) is 10.3. The van der Waals surface area contributed by atoms with Crippen LogP contribution in [0.5, 0.6) is 0 Å². The van der Waals surface area contributed by atoms with Crippen LogP contribution in [0.15, 0.2) is 0 Å². The number of unbranched alkanes of at least 4 members (excludes halogenated alkanes) is 2. The highest BCUT2D eigenvalue weighted by Crippen LogP contribution is 1.98. The zero-order valence-corrected chi connectivity index (χ0v) is 8.32. The summed E-state index contributed by atoms with van der Waals surface area (Å²) in [5, 5.41) is 10.5. The molecule has 1 amide bonds. The number of amides is 1. The van der Waals surface area contributed by atoms with Crippen molar-refractivity contribution in [1.82, 2.24) is 5.32 Å². The molecule has 5 heteroatoms. The molecule has 0 fully saturated rings. The first-order valence-corrected chi connectivity index (χ1v) is 4.55. The predicted molar refractivity (Wildman–Crippen MR) is 52.5 cm³/mol. The summed E-state index contributed by atoms with van der Waals surface area (Å²) in [5.74, 6) is -1.58. The number of carbonyl (C=O) groups excluding carboxylic acids is 1. The summed E-state index contributed by atoms with van der Waals surface area (Å²) >= 11 is 4.40. The number of thiocarbonyl (C=S) groups is 1. The normalized spacial score (nSPS) is 9.31. The molecule has 0 heterocycles. The van der Waals surface area contributed by atoms with Gasteiger partial charge in [0, 0.05) is 6.42 Å². The lowest BCUT2D eigenvalue weighted by Crippen LogP contribution is -2.34. The van der Waals surface area contributed by atoms with E-state index in [1.54, 1.807) is 0 Å². The van der Waals surface area contributed by atoms with Crippen LogP contribution in [0, 0.1) is 0 Å². The fourth-order valence-electron chi connectivity index (χ4n) is 0.778. The molecule has 0 bridgehead atoms. The Balaban J connectivity index is 3.62. The van der Waals surface area contributed by atoms with Crippen molar-refractivity contribution in [3.8, 4) is 0 Å². The van der Waals surface area contributed by atoms with Crippen LogP contribution >= 0.6 is 12.2 Å². The summed E-state index contributed by atoms with van der Waals surface area (Å²) < 4.78 is 0. The molecule has 0 aliphatic heterocycles. The van der Waals surface area contributed by atoms with Gasteiger partial charge in [-0.1, -0.05) is 32.0 Å². The number of hydrogen-bond acceptors (Lipinski definition) is 3. The number of aliphatic carboxylic acids is 1. The van der Waals surface area contributed by atoms with Crippen LogP contribution in [0.25, 0.3) is 0 Å². The lowest BCUT2D eigenvalue weighted by atomic mass is 10.2. The van der Waals surface area contributed by atoms with Gasteiger partial charge >= 0.3 is 5.97 Å². The van der Waals surface area contributed by atoms with Crippen molar-refractivity contribution in [3.05, 3.63) is 0 Å². The smallest absolute Gasteiger partial charge is 0.363 e. The second-order valence-electron chi connectivity index (χ2n) is 2.64. The molecule has 0 aromatic rings. The SMILES string of the molecule is CCCCCC(=O)NC(=S)C(=O)O. The van der Waals surface area contributed by atoms with Crippen LogP contribution < -0.4 is 5.32 Å². The Hall–Kier alpha value is -0.970. The van der Waals surface area contributed by atoms with Crippen LogP contribution in [-0.2, 0) is 9.59 Å². The topological polar surface area (TPSA) is 66.4 Å². The number of nitrogens with one attached hydrogen (secondary N) is 1. The molecule has 0 unspecified atom stereocenters. The third-order valence-electron chi connectivity index (χ3n) is 1.45. The van der Waals surface area contributed by atoms with Crippen molar-refractivity contribution in [2.24, 2.45) is 0 Å². The van der Waals surface area contributed by atoms with Gasteiger partial charge in [-0.25, -0.2) is 4.79 Å². The minimum atomic E-state index is -1.26. The van der Waals surface area contributed by atoms with Crippen molar-refractivity contribution in [3.63, 3.8) is 0 Å². The second kappa shape index (κ2) is 6.54. The number of hydrogen-bond donors (Lipinski definition) is 2. The van der Waals surface area contributed by atoms with Crippen molar-refractivity contribution in [1.29, 1.82) is 0 Å². The molecule has 0 rings (SSSR count). The highest BCUT2D eigenvalue weighted by molar-refractivity contribution is 7.82. The standard InChI is InChI=1S/C8H13NO3S/c1-2-3-4-5-6(10)9-7(13)8(11)12/h2-5H2,1H3,(H,11,12)(H,9,10,13). The van der Waals surface area contributed by atoms with E-state index in [9.17, 15) is 9.59 Å². The van der Waals surface area contributed by atoms with E-state index in [-0.39, 0.29) is 5.91 Å². The van der Waals surface area contributed by atoms with Crippen LogP contribution in [0.1, 0.15) is 32.6 Å². The Kier molecular flexibility index (Phi) is 6.05. The average molecular weight is 203 g/mol. The van der Waals surface area contributed by atoms with Crippen molar-refractivity contribution in [2.75, 3.05) is 0 Å². The van der Waals surface area contributed by atoms with Gasteiger partial charge < -0.3 is 10.4 Å². The van der Waals surface area contributed by atoms with E-state index in [4.69, 9.17) is 5.11 Å². The van der Waals surface area contributed by atoms with Gasteiger partial charge in [0.1, 0.15) is 0 Å². The largest absolute Gasteiger partial charge is 0.476 e. The molecule has 74 valence electrons. The number of carbonyl (C=O) groups is 2. The van der Waals surface area contributed by atoms with E-state index in [0.717, 1.165) is 19.3 Å². The van der Waals surface area contributed by atoms with Gasteiger partial charge in [0.15, 0.2) is 4.99 Å². The highest BCUT2D eigenvalue weighted by atomic mass is 32.1. The molecule has 0 aromatic carbocycles. The lowest BCUT2D eigenvalue weighted by molar-refractivity contribution is -0.130. The summed E-state index contributed by atoms with van der Waals surface area (Å²) in [4.78, 5) is 20.8. The summed E-state index contributed by atoms with van der Waals surface area (Å²) in [6.07, 6.45) is 3.09. The first kappa shape index (κ1) is 12.0. The predicted octanol–water partition coefficient (Wildman–Crippen LogP) is 1.09. The Bertz CT molecular complexity index is 215. The molecule has 0 saturated heterocycles. The average Bonchev–Trinajstić information content (AvgIpc) is 2.04. The molecule has 2 N–H and O–H groups in total. The van der Waals surface area contributed by atoms with Gasteiger partial charge in [0.05, 0.1) is 0 Å². The maximum atomic E-state index is 11.0. The Labute approximate surface area is 82.3 Å². The van der Waals surface area contributed by atoms with E-state index in [1.807, 2.05) is 6.92 Å². The monoisotopic (exact) mass is 203 g/mol. The van der Waals surface area contributed by atoms with E-state index in [2.05, 4.69) is 17.5 Å². The molecule has 0 radical (unpaired) electrons. The van der Waals surface area contributed by atoms with E-state index < -0.39 is 11.0 Å². The molecule has 0 saturated carbocycles. The van der Waals surface area contributed by atoms with E-state index in [1.165, 1.54) is 0 Å². The Morgan fingerprint density at radius 3 is 2.46 bits per heavy atom. The third kappa shape index (κ3) is 6.21. The van der Waals surface area contributed by atoms with Gasteiger partial charge in [-0.05, 0) is 6.42 Å². The van der Waals surface area contributed by atoms with Crippen molar-refractivity contribution >= 4 is 29.1 Å². The van der Waals surface area contributed by atoms with Crippen molar-refractivity contribution in [2.45, 2.75) is 32.6 Å². The number of carboxylic acids is 1. The number of carboxylic acid groups (broad SMARTS) is 1. The van der Waals surface area contributed by atoms with Gasteiger partial charge in [-0.2, -0.15) is 0 Å². The van der Waals surface area contributed by atoms with Crippen LogP contribution in [0.4, 0.5) is 0 Å². The van der Waals surface area contributed by atoms with Crippen LogP contribution in [0.3, 0.4) is 0 Å². The molecule has 13 heavy (non-hydrogen) atoms. The van der Waals surface area contributed by atoms with Crippen LogP contribution in [0.2, 0.25) is 0 Å². The summed E-state index contributed by atoms with van der Waals surface area (Å²) in [6, 6.07) is 0. The first-order chi connectivity index (χ1) is 6.07. The molecular formula is C8H13NO3S. The fraction of sp³-hybridized carbons (Fsp3) is 0.625. The Morgan fingerprint density at radius 1 is 1.38 bits per heavy atom. The van der Waals surface area contributed by atoms with Gasteiger partial charge in [0.2, 0.25) is 5.91 Å². The van der Waals surface area contributed by atoms with Crippen LogP contribution in [-0.4, -0.2) is 22.0 Å². The molecule has 0 aromatic heterocycles. The Morgan fingerprint density at radius 2 is 2.00 bits per heavy atom. The maximum absolute atomic E-state index is 11.0.